The number of nitrogens with zero attached hydrogens (tertiary/aromatic N) is 1. The Hall–Kier alpha value is -2.89. The highest BCUT2D eigenvalue weighted by Gasteiger charge is 2.15. The molecule has 0 spiro atoms. The number of para-hydroxylation sites is 2. The van der Waals surface area contributed by atoms with E-state index in [9.17, 15) is 9.59 Å². The average Bonchev–Trinajstić information content (AvgIpc) is 2.48. The quantitative estimate of drug-likeness (QED) is 0.677. The van der Waals surface area contributed by atoms with E-state index in [2.05, 4.69) is 4.98 Å². The Morgan fingerprint density at radius 2 is 1.65 bits per heavy atom. The average molecular weight is 273 g/mol. The maximum atomic E-state index is 11.9. The fraction of sp³-hybridized carbons (Fsp3) is 0.0714. The lowest BCUT2D eigenvalue weighted by molar-refractivity contribution is 0.0689. The zero-order valence-electron chi connectivity index (χ0n) is 10.6. The highest BCUT2D eigenvalue weighted by molar-refractivity contribution is 5.92. The molecule has 6 nitrogen and oxygen atoms in total. The van der Waals surface area contributed by atoms with Crippen LogP contribution in [-0.4, -0.2) is 29.1 Å². The summed E-state index contributed by atoms with van der Waals surface area (Å²) in [6.07, 6.45) is 0. The summed E-state index contributed by atoms with van der Waals surface area (Å²) in [6.45, 7) is 0. The molecule has 1 N–H and O–H groups in total. The Morgan fingerprint density at radius 3 is 2.30 bits per heavy atom. The van der Waals surface area contributed by atoms with E-state index in [4.69, 9.17) is 14.6 Å². The zero-order valence-corrected chi connectivity index (χ0v) is 10.6. The summed E-state index contributed by atoms with van der Waals surface area (Å²) in [6, 6.07) is 10.7. The molecule has 0 amide bonds. The number of rotatable bonds is 4. The van der Waals surface area contributed by atoms with Gasteiger partial charge in [0, 0.05) is 0 Å². The molecule has 0 fully saturated rings. The molecule has 2 aromatic rings. The molecular weight excluding hydrogens is 262 g/mol. The van der Waals surface area contributed by atoms with Crippen molar-refractivity contribution in [2.75, 3.05) is 7.11 Å². The van der Waals surface area contributed by atoms with E-state index < -0.39 is 11.9 Å². The molecular formula is C14H11NO5. The van der Waals surface area contributed by atoms with Gasteiger partial charge in [-0.2, -0.15) is 0 Å². The summed E-state index contributed by atoms with van der Waals surface area (Å²) in [5.74, 6) is -1.33. The molecule has 1 aromatic heterocycles. The lowest BCUT2D eigenvalue weighted by Gasteiger charge is -2.08. The lowest BCUT2D eigenvalue weighted by atomic mass is 10.3. The summed E-state index contributed by atoms with van der Waals surface area (Å²) in [5.41, 5.74) is -0.310. The predicted molar refractivity (Wildman–Crippen MR) is 69.1 cm³/mol. The number of esters is 1. The van der Waals surface area contributed by atoms with Crippen molar-refractivity contribution in [2.45, 2.75) is 0 Å². The van der Waals surface area contributed by atoms with Crippen molar-refractivity contribution in [3.05, 3.63) is 53.9 Å². The SMILES string of the molecule is COc1ccccc1OC(=O)c1cccc(C(=O)O)n1. The van der Waals surface area contributed by atoms with E-state index >= 15 is 0 Å². The number of hydrogen-bond acceptors (Lipinski definition) is 5. The van der Waals surface area contributed by atoms with Crippen LogP contribution in [0.3, 0.4) is 0 Å². The molecule has 1 heterocycles. The van der Waals surface area contributed by atoms with Gasteiger partial charge in [0.15, 0.2) is 11.5 Å². The minimum Gasteiger partial charge on any atom is -0.493 e. The van der Waals surface area contributed by atoms with Gasteiger partial charge >= 0.3 is 11.9 Å². The molecule has 0 atom stereocenters. The first-order chi connectivity index (χ1) is 9.61. The minimum atomic E-state index is -1.21. The van der Waals surface area contributed by atoms with E-state index in [1.54, 1.807) is 24.3 Å². The molecule has 0 saturated heterocycles. The van der Waals surface area contributed by atoms with Crippen LogP contribution < -0.4 is 9.47 Å². The van der Waals surface area contributed by atoms with Crippen LogP contribution in [0.1, 0.15) is 21.0 Å². The third-order valence-electron chi connectivity index (χ3n) is 2.45. The van der Waals surface area contributed by atoms with Gasteiger partial charge in [-0.1, -0.05) is 18.2 Å². The van der Waals surface area contributed by atoms with Crippen molar-refractivity contribution in [1.82, 2.24) is 4.98 Å². The Kier molecular flexibility index (Phi) is 3.95. The van der Waals surface area contributed by atoms with Crippen molar-refractivity contribution >= 4 is 11.9 Å². The zero-order chi connectivity index (χ0) is 14.5. The first-order valence-corrected chi connectivity index (χ1v) is 5.67. The first kappa shape index (κ1) is 13.5. The summed E-state index contributed by atoms with van der Waals surface area (Å²) in [7, 11) is 1.45. The maximum Gasteiger partial charge on any atom is 0.362 e. The normalized spacial score (nSPS) is 9.85. The number of carboxylic acid groups (broad SMARTS) is 1. The molecule has 0 saturated carbocycles. The molecule has 0 unspecified atom stereocenters. The van der Waals surface area contributed by atoms with Crippen molar-refractivity contribution in [2.24, 2.45) is 0 Å². The third-order valence-corrected chi connectivity index (χ3v) is 2.45. The second kappa shape index (κ2) is 5.83. The molecule has 102 valence electrons. The number of aromatic carboxylic acids is 1. The monoisotopic (exact) mass is 273 g/mol. The number of ether oxygens (including phenoxy) is 2. The van der Waals surface area contributed by atoms with Crippen LogP contribution in [0.2, 0.25) is 0 Å². The number of carbonyl (C=O) groups excluding carboxylic acids is 1. The Morgan fingerprint density at radius 1 is 1.00 bits per heavy atom. The molecule has 0 aliphatic heterocycles. The fourth-order valence-corrected chi connectivity index (χ4v) is 1.52. The number of benzene rings is 1. The van der Waals surface area contributed by atoms with Crippen LogP contribution >= 0.6 is 0 Å². The van der Waals surface area contributed by atoms with Crippen LogP contribution in [0.4, 0.5) is 0 Å². The maximum absolute atomic E-state index is 11.9. The molecule has 1 aromatic carbocycles. The van der Waals surface area contributed by atoms with Gasteiger partial charge in [-0.3, -0.25) is 0 Å². The smallest absolute Gasteiger partial charge is 0.362 e. The molecule has 2 rings (SSSR count). The first-order valence-electron chi connectivity index (χ1n) is 5.67. The minimum absolute atomic E-state index is 0.0872. The third kappa shape index (κ3) is 2.92. The fourth-order valence-electron chi connectivity index (χ4n) is 1.52. The van der Waals surface area contributed by atoms with Gasteiger partial charge in [-0.25, -0.2) is 14.6 Å². The molecule has 0 aliphatic carbocycles. The topological polar surface area (TPSA) is 85.7 Å². The summed E-state index contributed by atoms with van der Waals surface area (Å²) in [5, 5.41) is 8.83. The summed E-state index contributed by atoms with van der Waals surface area (Å²) in [4.78, 5) is 26.4. The Balaban J connectivity index is 2.24. The van der Waals surface area contributed by atoms with Gasteiger partial charge in [-0.05, 0) is 24.3 Å². The van der Waals surface area contributed by atoms with Gasteiger partial charge in [0.2, 0.25) is 0 Å². The van der Waals surface area contributed by atoms with Gasteiger partial charge < -0.3 is 14.6 Å². The number of aromatic nitrogens is 1. The standard InChI is InChI=1S/C14H11NO5/c1-19-11-7-2-3-8-12(11)20-14(18)10-6-4-5-9(15-10)13(16)17/h2-8H,1H3,(H,16,17). The molecule has 0 radical (unpaired) electrons. The van der Waals surface area contributed by atoms with Crippen LogP contribution in [0.15, 0.2) is 42.5 Å². The molecule has 20 heavy (non-hydrogen) atoms. The van der Waals surface area contributed by atoms with Gasteiger partial charge in [0.25, 0.3) is 0 Å². The largest absolute Gasteiger partial charge is 0.493 e. The van der Waals surface area contributed by atoms with E-state index in [1.807, 2.05) is 0 Å². The number of hydrogen-bond donors (Lipinski definition) is 1. The van der Waals surface area contributed by atoms with E-state index in [1.165, 1.54) is 25.3 Å². The molecule has 0 bridgehead atoms. The van der Waals surface area contributed by atoms with Crippen molar-refractivity contribution < 1.29 is 24.2 Å². The van der Waals surface area contributed by atoms with Crippen molar-refractivity contribution in [3.8, 4) is 11.5 Å². The number of carbonyl (C=O) groups is 2. The van der Waals surface area contributed by atoms with Crippen LogP contribution in [0.25, 0.3) is 0 Å². The summed E-state index contributed by atoms with van der Waals surface area (Å²) >= 11 is 0. The van der Waals surface area contributed by atoms with Gasteiger partial charge in [0.1, 0.15) is 11.4 Å². The van der Waals surface area contributed by atoms with Crippen LogP contribution in [0.5, 0.6) is 11.5 Å². The Bertz CT molecular complexity index is 654. The molecule has 6 heteroatoms. The predicted octanol–water partition coefficient (Wildman–Crippen LogP) is 2.01. The van der Waals surface area contributed by atoms with Crippen LogP contribution in [-0.2, 0) is 0 Å². The van der Waals surface area contributed by atoms with E-state index in [0.717, 1.165) is 0 Å². The van der Waals surface area contributed by atoms with Gasteiger partial charge in [-0.15, -0.1) is 0 Å². The van der Waals surface area contributed by atoms with E-state index in [0.29, 0.717) is 5.75 Å². The number of carboxylic acids is 1. The second-order valence-electron chi connectivity index (χ2n) is 3.75. The lowest BCUT2D eigenvalue weighted by Crippen LogP contribution is -2.13. The van der Waals surface area contributed by atoms with Gasteiger partial charge in [0.05, 0.1) is 7.11 Å². The Labute approximate surface area is 114 Å². The molecule has 0 aliphatic rings. The highest BCUT2D eigenvalue weighted by atomic mass is 16.6. The van der Waals surface area contributed by atoms with Crippen molar-refractivity contribution in [1.29, 1.82) is 0 Å². The number of pyridine rings is 1. The van der Waals surface area contributed by atoms with Crippen molar-refractivity contribution in [3.63, 3.8) is 0 Å². The number of methoxy groups -OCH3 is 1. The van der Waals surface area contributed by atoms with E-state index in [-0.39, 0.29) is 17.1 Å². The highest BCUT2D eigenvalue weighted by Crippen LogP contribution is 2.26. The summed E-state index contributed by atoms with van der Waals surface area (Å²) < 4.78 is 10.2. The second-order valence-corrected chi connectivity index (χ2v) is 3.75. The van der Waals surface area contributed by atoms with Crippen LogP contribution in [0, 0.1) is 0 Å².